The number of nitrogens with one attached hydrogen (secondary N) is 1. The van der Waals surface area contributed by atoms with Gasteiger partial charge in [-0.3, -0.25) is 9.59 Å². The zero-order valence-electron chi connectivity index (χ0n) is 13.7. The minimum absolute atomic E-state index is 0.0555. The first kappa shape index (κ1) is 17.0. The largest absolute Gasteiger partial charge is 0.351 e. The van der Waals surface area contributed by atoms with E-state index in [-0.39, 0.29) is 29.2 Å². The molecule has 2 amide bonds. The minimum atomic E-state index is -0.181. The molecule has 1 aliphatic rings. The highest BCUT2D eigenvalue weighted by Crippen LogP contribution is 2.21. The van der Waals surface area contributed by atoms with Crippen LogP contribution in [0.25, 0.3) is 0 Å². The highest BCUT2D eigenvalue weighted by Gasteiger charge is 2.30. The first-order chi connectivity index (χ1) is 9.28. The van der Waals surface area contributed by atoms with Crippen molar-refractivity contribution >= 4 is 11.8 Å². The molecule has 0 aliphatic carbocycles. The number of piperidine rings is 1. The van der Waals surface area contributed by atoms with Crippen LogP contribution >= 0.6 is 0 Å². The summed E-state index contributed by atoms with van der Waals surface area (Å²) in [5, 5.41) is 3.04. The summed E-state index contributed by atoms with van der Waals surface area (Å²) < 4.78 is 0. The lowest BCUT2D eigenvalue weighted by atomic mass is 9.93. The van der Waals surface area contributed by atoms with Crippen molar-refractivity contribution in [3.8, 4) is 0 Å². The van der Waals surface area contributed by atoms with Gasteiger partial charge in [0.2, 0.25) is 11.8 Å². The number of carbonyl (C=O) groups is 2. The fraction of sp³-hybridized carbons (Fsp3) is 0.875. The lowest BCUT2D eigenvalue weighted by Gasteiger charge is -2.34. The van der Waals surface area contributed by atoms with Crippen LogP contribution in [0.3, 0.4) is 0 Å². The molecule has 0 saturated carbocycles. The number of rotatable bonds is 4. The van der Waals surface area contributed by atoms with Crippen LogP contribution in [-0.2, 0) is 9.59 Å². The summed E-state index contributed by atoms with van der Waals surface area (Å²) in [6.07, 6.45) is 3.38. The van der Waals surface area contributed by atoms with Gasteiger partial charge in [0.05, 0.1) is 0 Å². The summed E-state index contributed by atoms with van der Waals surface area (Å²) in [6, 6.07) is 0. The summed E-state index contributed by atoms with van der Waals surface area (Å²) in [6.45, 7) is 11.6. The molecule has 1 N–H and O–H groups in total. The molecule has 20 heavy (non-hydrogen) atoms. The van der Waals surface area contributed by atoms with Crippen LogP contribution in [0, 0.1) is 11.8 Å². The van der Waals surface area contributed by atoms with Crippen molar-refractivity contribution in [3.05, 3.63) is 0 Å². The number of hydrogen-bond donors (Lipinski definition) is 1. The van der Waals surface area contributed by atoms with Crippen LogP contribution < -0.4 is 5.32 Å². The van der Waals surface area contributed by atoms with Gasteiger partial charge in [0, 0.05) is 30.5 Å². The SMILES string of the molecule is CCC(CC)C(=O)N1CCC(C(=O)NC(C)(C)C)CC1. The first-order valence-corrected chi connectivity index (χ1v) is 7.89. The summed E-state index contributed by atoms with van der Waals surface area (Å²) in [4.78, 5) is 26.4. The van der Waals surface area contributed by atoms with E-state index in [2.05, 4.69) is 19.2 Å². The van der Waals surface area contributed by atoms with Crippen LogP contribution in [0.5, 0.6) is 0 Å². The normalized spacial score (nSPS) is 17.4. The van der Waals surface area contributed by atoms with Crippen molar-refractivity contribution in [1.29, 1.82) is 0 Å². The van der Waals surface area contributed by atoms with Crippen molar-refractivity contribution in [2.75, 3.05) is 13.1 Å². The molecule has 0 atom stereocenters. The van der Waals surface area contributed by atoms with Gasteiger partial charge in [-0.1, -0.05) is 13.8 Å². The molecule has 4 nitrogen and oxygen atoms in total. The Balaban J connectivity index is 2.47. The van der Waals surface area contributed by atoms with Crippen LogP contribution in [0.15, 0.2) is 0 Å². The van der Waals surface area contributed by atoms with Gasteiger partial charge in [0.1, 0.15) is 0 Å². The van der Waals surface area contributed by atoms with E-state index in [1.54, 1.807) is 0 Å². The predicted molar refractivity (Wildman–Crippen MR) is 81.3 cm³/mol. The average molecular weight is 282 g/mol. The minimum Gasteiger partial charge on any atom is -0.351 e. The quantitative estimate of drug-likeness (QED) is 0.861. The van der Waals surface area contributed by atoms with Gasteiger partial charge >= 0.3 is 0 Å². The lowest BCUT2D eigenvalue weighted by molar-refractivity contribution is -0.139. The number of likely N-dealkylation sites (tertiary alicyclic amines) is 1. The molecule has 0 unspecified atom stereocenters. The number of hydrogen-bond acceptors (Lipinski definition) is 2. The Morgan fingerprint density at radius 3 is 2.05 bits per heavy atom. The molecule has 0 bridgehead atoms. The van der Waals surface area contributed by atoms with Crippen LogP contribution in [0.1, 0.15) is 60.3 Å². The Labute approximate surface area is 123 Å². The second-order valence-electron chi connectivity index (χ2n) is 6.85. The summed E-state index contributed by atoms with van der Waals surface area (Å²) >= 11 is 0. The Morgan fingerprint density at radius 2 is 1.65 bits per heavy atom. The summed E-state index contributed by atoms with van der Waals surface area (Å²) in [5.74, 6) is 0.603. The zero-order valence-corrected chi connectivity index (χ0v) is 13.7. The highest BCUT2D eigenvalue weighted by atomic mass is 16.2. The molecule has 0 aromatic heterocycles. The molecule has 0 aromatic carbocycles. The van der Waals surface area contributed by atoms with Crippen molar-refractivity contribution in [1.82, 2.24) is 10.2 Å². The van der Waals surface area contributed by atoms with Crippen molar-refractivity contribution < 1.29 is 9.59 Å². The van der Waals surface area contributed by atoms with E-state index in [0.29, 0.717) is 0 Å². The molecule has 116 valence electrons. The van der Waals surface area contributed by atoms with Crippen molar-refractivity contribution in [2.24, 2.45) is 11.8 Å². The second-order valence-corrected chi connectivity index (χ2v) is 6.85. The number of carbonyl (C=O) groups excluding carboxylic acids is 2. The Morgan fingerprint density at radius 1 is 1.15 bits per heavy atom. The third kappa shape index (κ3) is 4.80. The van der Waals surface area contributed by atoms with Gasteiger partial charge in [0.15, 0.2) is 0 Å². The third-order valence-corrected chi connectivity index (χ3v) is 4.01. The molecule has 1 heterocycles. The third-order valence-electron chi connectivity index (χ3n) is 4.01. The number of amides is 2. The lowest BCUT2D eigenvalue weighted by Crippen LogP contribution is -2.48. The standard InChI is InChI=1S/C16H30N2O2/c1-6-12(7-2)15(20)18-10-8-13(9-11-18)14(19)17-16(3,4)5/h12-13H,6-11H2,1-5H3,(H,17,19). The summed E-state index contributed by atoms with van der Waals surface area (Å²) in [5.41, 5.74) is -0.181. The maximum Gasteiger partial charge on any atom is 0.225 e. The zero-order chi connectivity index (χ0) is 15.3. The Kier molecular flexibility index (Phi) is 6.03. The molecule has 1 fully saturated rings. The van der Waals surface area contributed by atoms with Gasteiger partial charge in [-0.25, -0.2) is 0 Å². The smallest absolute Gasteiger partial charge is 0.225 e. The fourth-order valence-electron chi connectivity index (χ4n) is 2.73. The predicted octanol–water partition coefficient (Wildman–Crippen LogP) is 2.58. The Hall–Kier alpha value is -1.06. The van der Waals surface area contributed by atoms with Crippen molar-refractivity contribution in [3.63, 3.8) is 0 Å². The average Bonchev–Trinajstić information content (AvgIpc) is 2.38. The number of nitrogens with zero attached hydrogens (tertiary/aromatic N) is 1. The molecule has 1 aliphatic heterocycles. The van der Waals surface area contributed by atoms with E-state index in [1.807, 2.05) is 25.7 Å². The first-order valence-electron chi connectivity index (χ1n) is 7.89. The molecule has 1 saturated heterocycles. The molecule has 0 radical (unpaired) electrons. The van der Waals surface area contributed by atoms with Gasteiger partial charge in [-0.05, 0) is 46.5 Å². The highest BCUT2D eigenvalue weighted by molar-refractivity contribution is 5.81. The van der Waals surface area contributed by atoms with Gasteiger partial charge in [-0.2, -0.15) is 0 Å². The van der Waals surface area contributed by atoms with Gasteiger partial charge in [-0.15, -0.1) is 0 Å². The molecule has 0 aromatic rings. The maximum absolute atomic E-state index is 12.3. The topological polar surface area (TPSA) is 49.4 Å². The van der Waals surface area contributed by atoms with Crippen LogP contribution in [-0.4, -0.2) is 35.3 Å². The van der Waals surface area contributed by atoms with E-state index >= 15 is 0 Å². The second kappa shape index (κ2) is 7.09. The molecular formula is C16H30N2O2. The van der Waals surface area contributed by atoms with E-state index in [4.69, 9.17) is 0 Å². The van der Waals surface area contributed by atoms with Gasteiger partial charge < -0.3 is 10.2 Å². The molecular weight excluding hydrogens is 252 g/mol. The van der Waals surface area contributed by atoms with E-state index in [1.165, 1.54) is 0 Å². The molecule has 1 rings (SSSR count). The van der Waals surface area contributed by atoms with E-state index in [0.717, 1.165) is 38.8 Å². The Bertz CT molecular complexity index is 335. The van der Waals surface area contributed by atoms with Crippen LogP contribution in [0.2, 0.25) is 0 Å². The fourth-order valence-corrected chi connectivity index (χ4v) is 2.73. The van der Waals surface area contributed by atoms with E-state index in [9.17, 15) is 9.59 Å². The monoisotopic (exact) mass is 282 g/mol. The maximum atomic E-state index is 12.3. The molecule has 4 heteroatoms. The van der Waals surface area contributed by atoms with Crippen LogP contribution in [0.4, 0.5) is 0 Å². The van der Waals surface area contributed by atoms with Crippen molar-refractivity contribution in [2.45, 2.75) is 65.8 Å². The molecule has 0 spiro atoms. The van der Waals surface area contributed by atoms with Gasteiger partial charge in [0.25, 0.3) is 0 Å². The van der Waals surface area contributed by atoms with E-state index < -0.39 is 0 Å². The summed E-state index contributed by atoms with van der Waals surface area (Å²) in [7, 11) is 0.